The summed E-state index contributed by atoms with van der Waals surface area (Å²) in [5.41, 5.74) is 0. The molecule has 0 aliphatic heterocycles. The SMILES string of the molecule is C=C/C=C\C(=C/C=C)P(C)(=O)C(/C=C\CC)=C/C=C.CC. The maximum Gasteiger partial charge on any atom is 0.140 e. The molecule has 0 radical (unpaired) electrons. The lowest BCUT2D eigenvalue weighted by Gasteiger charge is -2.15. The van der Waals surface area contributed by atoms with Crippen LogP contribution in [0, 0.1) is 0 Å². The summed E-state index contributed by atoms with van der Waals surface area (Å²) in [4.78, 5) is 0. The van der Waals surface area contributed by atoms with E-state index in [0.717, 1.165) is 17.0 Å². The molecule has 0 aromatic heterocycles. The molecule has 0 amide bonds. The molecule has 0 aliphatic carbocycles. The lowest BCUT2D eigenvalue weighted by molar-refractivity contribution is 0.587. The fourth-order valence-corrected chi connectivity index (χ4v) is 3.31. The molecular weight excluding hydrogens is 275 g/mol. The van der Waals surface area contributed by atoms with Gasteiger partial charge in [-0.1, -0.05) is 95.2 Å². The average molecular weight is 304 g/mol. The van der Waals surface area contributed by atoms with Gasteiger partial charge in [-0.3, -0.25) is 0 Å². The summed E-state index contributed by atoms with van der Waals surface area (Å²) < 4.78 is 13.0. The average Bonchev–Trinajstić information content (AvgIpc) is 2.49. The molecule has 1 unspecified atom stereocenters. The van der Waals surface area contributed by atoms with Crippen molar-refractivity contribution in [3.8, 4) is 0 Å². The molecule has 1 atom stereocenters. The van der Waals surface area contributed by atoms with E-state index in [2.05, 4.69) is 19.7 Å². The molecule has 0 saturated carbocycles. The largest absolute Gasteiger partial charge is 0.314 e. The van der Waals surface area contributed by atoms with Crippen LogP contribution in [-0.4, -0.2) is 6.66 Å². The zero-order valence-electron chi connectivity index (χ0n) is 13.9. The Labute approximate surface area is 131 Å². The second-order valence-corrected chi connectivity index (χ2v) is 6.87. The van der Waals surface area contributed by atoms with Crippen LogP contribution >= 0.6 is 7.14 Å². The highest BCUT2D eigenvalue weighted by Gasteiger charge is 2.22. The van der Waals surface area contributed by atoms with Gasteiger partial charge in [0.05, 0.1) is 0 Å². The van der Waals surface area contributed by atoms with E-state index in [9.17, 15) is 4.57 Å². The predicted octanol–water partition coefficient (Wildman–Crippen LogP) is 6.85. The number of rotatable bonds is 8. The molecule has 0 saturated heterocycles. The van der Waals surface area contributed by atoms with Gasteiger partial charge in [0.25, 0.3) is 0 Å². The minimum Gasteiger partial charge on any atom is -0.314 e. The highest BCUT2D eigenvalue weighted by atomic mass is 31.2. The third-order valence-electron chi connectivity index (χ3n) is 2.49. The summed E-state index contributed by atoms with van der Waals surface area (Å²) >= 11 is 0. The zero-order valence-corrected chi connectivity index (χ0v) is 14.8. The van der Waals surface area contributed by atoms with Crippen molar-refractivity contribution < 1.29 is 4.57 Å². The van der Waals surface area contributed by atoms with Crippen LogP contribution in [0.4, 0.5) is 0 Å². The molecule has 21 heavy (non-hydrogen) atoms. The Balaban J connectivity index is 0. The van der Waals surface area contributed by atoms with E-state index < -0.39 is 7.14 Å². The molecule has 0 rings (SSSR count). The molecule has 1 nitrogen and oxygen atoms in total. The summed E-state index contributed by atoms with van der Waals surface area (Å²) in [7, 11) is -2.65. The molecule has 116 valence electrons. The maximum absolute atomic E-state index is 13.0. The van der Waals surface area contributed by atoms with Gasteiger partial charge in [-0.2, -0.15) is 0 Å². The summed E-state index contributed by atoms with van der Waals surface area (Å²) in [6.45, 7) is 18.8. The van der Waals surface area contributed by atoms with Crippen molar-refractivity contribution in [1.82, 2.24) is 0 Å². The Morgan fingerprint density at radius 1 is 0.952 bits per heavy atom. The van der Waals surface area contributed by atoms with Gasteiger partial charge in [0.15, 0.2) is 0 Å². The van der Waals surface area contributed by atoms with Crippen LogP contribution in [0.15, 0.2) is 85.0 Å². The summed E-state index contributed by atoms with van der Waals surface area (Å²) in [5.74, 6) is 0. The van der Waals surface area contributed by atoms with Gasteiger partial charge in [-0.25, -0.2) is 0 Å². The molecule has 0 heterocycles. The first-order chi connectivity index (χ1) is 10.0. The summed E-state index contributed by atoms with van der Waals surface area (Å²) in [6.07, 6.45) is 16.9. The monoisotopic (exact) mass is 304 g/mol. The maximum atomic E-state index is 13.0. The van der Waals surface area contributed by atoms with Gasteiger partial charge in [-0.15, -0.1) is 0 Å². The first-order valence-corrected chi connectivity index (χ1v) is 9.39. The summed E-state index contributed by atoms with van der Waals surface area (Å²) in [5, 5.41) is 1.53. The van der Waals surface area contributed by atoms with Crippen LogP contribution in [0.5, 0.6) is 0 Å². The van der Waals surface area contributed by atoms with E-state index in [4.69, 9.17) is 0 Å². The van der Waals surface area contributed by atoms with Gasteiger partial charge < -0.3 is 4.57 Å². The third-order valence-corrected chi connectivity index (χ3v) is 5.06. The Morgan fingerprint density at radius 3 is 1.81 bits per heavy atom. The van der Waals surface area contributed by atoms with E-state index in [0.29, 0.717) is 0 Å². The fraction of sp³-hybridized carbons (Fsp3) is 0.263. The first kappa shape index (κ1) is 21.7. The first-order valence-electron chi connectivity index (χ1n) is 7.24. The Bertz CT molecular complexity index is 488. The fourth-order valence-electron chi connectivity index (χ4n) is 1.48. The molecule has 0 aromatic carbocycles. The Kier molecular flexibility index (Phi) is 13.8. The second kappa shape index (κ2) is 13.4. The molecule has 0 aromatic rings. The Hall–Kier alpha value is -1.59. The van der Waals surface area contributed by atoms with Gasteiger partial charge in [-0.05, 0) is 13.1 Å². The highest BCUT2D eigenvalue weighted by Crippen LogP contribution is 2.58. The highest BCUT2D eigenvalue weighted by molar-refractivity contribution is 7.72. The standard InChI is InChI=1S/C17H23OP.C2H6/c1-6-10-14-16(12-8-3)19(5,18)17(13-9-4)15-11-7-2;1-2/h6,8-15H,1,3-4,7H2,2,5H3;1-2H3/b14-10-,15-11-,16-12+,17-13+;. The van der Waals surface area contributed by atoms with Crippen LogP contribution in [0.3, 0.4) is 0 Å². The van der Waals surface area contributed by atoms with Crippen LogP contribution < -0.4 is 0 Å². The molecule has 0 N–H and O–H groups in total. The van der Waals surface area contributed by atoms with Crippen molar-refractivity contribution in [1.29, 1.82) is 0 Å². The van der Waals surface area contributed by atoms with Crippen LogP contribution in [0.1, 0.15) is 27.2 Å². The van der Waals surface area contributed by atoms with Crippen molar-refractivity contribution in [2.45, 2.75) is 27.2 Å². The van der Waals surface area contributed by atoms with Crippen molar-refractivity contribution in [3.63, 3.8) is 0 Å². The van der Waals surface area contributed by atoms with E-state index in [-0.39, 0.29) is 0 Å². The zero-order chi connectivity index (χ0) is 16.7. The van der Waals surface area contributed by atoms with Crippen LogP contribution in [0.25, 0.3) is 0 Å². The van der Waals surface area contributed by atoms with Crippen molar-refractivity contribution in [2.24, 2.45) is 0 Å². The molecule has 0 aliphatic rings. The second-order valence-electron chi connectivity index (χ2n) is 3.98. The van der Waals surface area contributed by atoms with Gasteiger partial charge in [0.2, 0.25) is 0 Å². The quantitative estimate of drug-likeness (QED) is 0.354. The number of hydrogen-bond donors (Lipinski definition) is 0. The molecular formula is C19H29OP. The summed E-state index contributed by atoms with van der Waals surface area (Å²) in [6, 6.07) is 0. The minimum atomic E-state index is -2.65. The lowest BCUT2D eigenvalue weighted by Crippen LogP contribution is -1.87. The Morgan fingerprint density at radius 2 is 1.43 bits per heavy atom. The van der Waals surface area contributed by atoms with Gasteiger partial charge in [0, 0.05) is 10.6 Å². The van der Waals surface area contributed by atoms with E-state index in [1.807, 2.05) is 39.0 Å². The number of allylic oxidation sites excluding steroid dienone is 11. The lowest BCUT2D eigenvalue weighted by atomic mass is 10.4. The van der Waals surface area contributed by atoms with Crippen LogP contribution in [0.2, 0.25) is 0 Å². The topological polar surface area (TPSA) is 17.1 Å². The van der Waals surface area contributed by atoms with Gasteiger partial charge >= 0.3 is 0 Å². The molecule has 0 bridgehead atoms. The van der Waals surface area contributed by atoms with Gasteiger partial charge in [0.1, 0.15) is 7.14 Å². The smallest absolute Gasteiger partial charge is 0.140 e. The minimum absolute atomic E-state index is 0.747. The molecule has 0 spiro atoms. The van der Waals surface area contributed by atoms with Crippen molar-refractivity contribution in [3.05, 3.63) is 85.0 Å². The van der Waals surface area contributed by atoms with E-state index >= 15 is 0 Å². The van der Waals surface area contributed by atoms with Crippen molar-refractivity contribution >= 4 is 7.14 Å². The molecule has 0 fully saturated rings. The normalized spacial score (nSPS) is 15.2. The van der Waals surface area contributed by atoms with Crippen LogP contribution in [-0.2, 0) is 4.57 Å². The van der Waals surface area contributed by atoms with E-state index in [1.54, 1.807) is 43.1 Å². The van der Waals surface area contributed by atoms with Crippen molar-refractivity contribution in [2.75, 3.05) is 6.66 Å². The number of hydrogen-bond acceptors (Lipinski definition) is 1. The van der Waals surface area contributed by atoms with E-state index in [1.165, 1.54) is 0 Å². The third kappa shape index (κ3) is 8.32. The molecule has 2 heteroatoms. The predicted molar refractivity (Wildman–Crippen MR) is 100 cm³/mol.